The van der Waals surface area contributed by atoms with Crippen molar-refractivity contribution in [2.75, 3.05) is 13.7 Å². The number of sulfonamides is 1. The van der Waals surface area contributed by atoms with Crippen LogP contribution in [0.2, 0.25) is 0 Å². The van der Waals surface area contributed by atoms with Gasteiger partial charge in [0.2, 0.25) is 33.3 Å². The van der Waals surface area contributed by atoms with Crippen LogP contribution in [0.1, 0.15) is 84.3 Å². The summed E-state index contributed by atoms with van der Waals surface area (Å²) in [7, 11) is -2.57. The summed E-state index contributed by atoms with van der Waals surface area (Å²) in [6.45, 7) is 4.35. The summed E-state index contributed by atoms with van der Waals surface area (Å²) in [5.41, 5.74) is -3.08. The molecule has 4 amide bonds. The van der Waals surface area contributed by atoms with E-state index in [0.717, 1.165) is 4.90 Å². The third-order valence-corrected chi connectivity index (χ3v) is 13.2. The molecule has 1 saturated heterocycles. The smallest absolute Gasteiger partial charge is 0.427 e. The van der Waals surface area contributed by atoms with Crippen LogP contribution in [0.15, 0.2) is 30.4 Å². The molecule has 2 aliphatic carbocycles. The Kier molecular flexibility index (Phi) is 11.0. The van der Waals surface area contributed by atoms with Crippen LogP contribution in [0.5, 0.6) is 11.6 Å². The number of hydrogen-bond donors (Lipinski definition) is 3. The fraction of sp³-hybridized carbons (Fsp3) is 0.622. The Hall–Kier alpha value is -4.68. The van der Waals surface area contributed by atoms with E-state index in [1.165, 1.54) is 14.0 Å². The average Bonchev–Trinajstić information content (AvgIpc) is 3.99. The molecule has 6 rings (SSSR count). The number of benzene rings is 1. The lowest BCUT2D eigenvalue weighted by Crippen LogP contribution is -2.59. The molecule has 0 radical (unpaired) electrons. The molecule has 19 heteroatoms. The largest absolute Gasteiger partial charge is 0.497 e. The van der Waals surface area contributed by atoms with Gasteiger partial charge in [-0.05, 0) is 78.4 Å². The fourth-order valence-corrected chi connectivity index (χ4v) is 8.22. The number of nitrogens with one attached hydrogen (secondary N) is 3. The van der Waals surface area contributed by atoms with Gasteiger partial charge in [-0.1, -0.05) is 25.0 Å². The number of allylic oxidation sites excluding steroid dienone is 1. The summed E-state index contributed by atoms with van der Waals surface area (Å²) in [6.07, 6.45) is -0.732. The highest BCUT2D eigenvalue weighted by Crippen LogP contribution is 2.47. The highest BCUT2D eigenvalue weighted by molar-refractivity contribution is 7.91. The van der Waals surface area contributed by atoms with E-state index in [4.69, 9.17) is 14.2 Å². The molecule has 306 valence electrons. The Balaban J connectivity index is 1.31. The molecule has 3 N–H and O–H groups in total. The van der Waals surface area contributed by atoms with Crippen molar-refractivity contribution >= 4 is 44.9 Å². The topological polar surface area (TPSA) is 195 Å². The molecule has 0 spiro atoms. The number of fused-ring (bicyclic) bond motifs is 3. The molecular formula is C37H47F3N6O9S. The van der Waals surface area contributed by atoms with E-state index >= 15 is 0 Å². The summed E-state index contributed by atoms with van der Waals surface area (Å²) in [5.74, 6) is -2.37. The minimum atomic E-state index is -4.90. The predicted molar refractivity (Wildman–Crippen MR) is 195 cm³/mol. The molecule has 3 fully saturated rings. The molecular weight excluding hydrogens is 762 g/mol. The van der Waals surface area contributed by atoms with Gasteiger partial charge in [0.15, 0.2) is 0 Å². The third kappa shape index (κ3) is 8.37. The molecule has 5 atom stereocenters. The number of amides is 4. The lowest BCUT2D eigenvalue weighted by Gasteiger charge is -2.31. The zero-order valence-corrected chi connectivity index (χ0v) is 32.6. The molecule has 2 aliphatic heterocycles. The van der Waals surface area contributed by atoms with E-state index in [-0.39, 0.29) is 31.7 Å². The third-order valence-electron chi connectivity index (χ3n) is 11.1. The van der Waals surface area contributed by atoms with Crippen molar-refractivity contribution < 1.29 is 55.0 Å². The van der Waals surface area contributed by atoms with Crippen molar-refractivity contribution in [3.63, 3.8) is 0 Å². The van der Waals surface area contributed by atoms with Gasteiger partial charge in [-0.2, -0.15) is 13.2 Å². The van der Waals surface area contributed by atoms with Gasteiger partial charge in [0, 0.05) is 18.4 Å². The van der Waals surface area contributed by atoms with Gasteiger partial charge in [0.25, 0.3) is 5.91 Å². The number of halogens is 3. The van der Waals surface area contributed by atoms with Gasteiger partial charge in [0.1, 0.15) is 35.2 Å². The number of alkyl carbamates (subject to hydrolysis) is 1. The van der Waals surface area contributed by atoms with Crippen LogP contribution >= 0.6 is 0 Å². The number of aromatic nitrogens is 2. The maximum Gasteiger partial charge on any atom is 0.427 e. The van der Waals surface area contributed by atoms with Crippen LogP contribution in [-0.2, 0) is 29.1 Å². The second kappa shape index (κ2) is 15.0. The van der Waals surface area contributed by atoms with Gasteiger partial charge in [0.05, 0.1) is 29.4 Å². The molecule has 56 heavy (non-hydrogen) atoms. The van der Waals surface area contributed by atoms with E-state index in [0.29, 0.717) is 74.8 Å². The van der Waals surface area contributed by atoms with Crippen LogP contribution < -0.4 is 24.8 Å². The van der Waals surface area contributed by atoms with E-state index in [9.17, 15) is 40.8 Å². The van der Waals surface area contributed by atoms with Crippen molar-refractivity contribution in [2.45, 2.75) is 126 Å². The number of nitrogens with zero attached hydrogens (tertiary/aromatic N) is 3. The number of methoxy groups -OCH3 is 1. The number of hydrogen-bond acceptors (Lipinski definition) is 11. The van der Waals surface area contributed by atoms with Crippen LogP contribution in [0, 0.1) is 12.8 Å². The normalized spacial score (nSPS) is 27.4. The predicted octanol–water partition coefficient (Wildman–Crippen LogP) is 4.12. The van der Waals surface area contributed by atoms with Gasteiger partial charge in [-0.3, -0.25) is 19.1 Å². The first-order valence-electron chi connectivity index (χ1n) is 18.6. The Bertz CT molecular complexity index is 2040. The molecule has 0 bridgehead atoms. The van der Waals surface area contributed by atoms with Crippen molar-refractivity contribution in [3.05, 3.63) is 36.0 Å². The average molecular weight is 809 g/mol. The monoisotopic (exact) mass is 808 g/mol. The summed E-state index contributed by atoms with van der Waals surface area (Å²) in [4.78, 5) is 65.8. The van der Waals surface area contributed by atoms with Crippen LogP contribution in [0.3, 0.4) is 0 Å². The Labute approximate surface area is 322 Å². The first-order chi connectivity index (χ1) is 26.2. The number of carbonyl (C=O) groups is 4. The van der Waals surface area contributed by atoms with Crippen LogP contribution in [-0.4, -0.2) is 101 Å². The minimum absolute atomic E-state index is 0.0170. The number of rotatable bonds is 8. The van der Waals surface area contributed by atoms with E-state index < -0.39 is 80.0 Å². The van der Waals surface area contributed by atoms with Gasteiger partial charge in [-0.25, -0.2) is 23.2 Å². The van der Waals surface area contributed by atoms with Gasteiger partial charge in [-0.15, -0.1) is 0 Å². The fourth-order valence-electron chi connectivity index (χ4n) is 6.91. The summed E-state index contributed by atoms with van der Waals surface area (Å²) in [6, 6.07) is 2.40. The Morgan fingerprint density at radius 3 is 2.48 bits per heavy atom. The van der Waals surface area contributed by atoms with Crippen molar-refractivity contribution in [3.8, 4) is 11.6 Å². The number of aryl methyl sites for hydroxylation is 1. The molecule has 3 heterocycles. The lowest BCUT2D eigenvalue weighted by atomic mass is 10.0. The Morgan fingerprint density at radius 1 is 1.07 bits per heavy atom. The molecule has 0 unspecified atom stereocenters. The number of alkyl halides is 3. The summed E-state index contributed by atoms with van der Waals surface area (Å²) in [5, 5.41) is 5.07. The first kappa shape index (κ1) is 41.0. The van der Waals surface area contributed by atoms with Crippen molar-refractivity contribution in [2.24, 2.45) is 5.92 Å². The maximum absolute atomic E-state index is 14.4. The number of ether oxygens (including phenoxy) is 3. The van der Waals surface area contributed by atoms with E-state index in [1.807, 2.05) is 6.08 Å². The molecule has 1 aromatic heterocycles. The first-order valence-corrected chi connectivity index (χ1v) is 20.1. The molecule has 4 aliphatic rings. The van der Waals surface area contributed by atoms with Crippen molar-refractivity contribution in [1.29, 1.82) is 0 Å². The SMILES string of the molecule is COc1ccc2nc(C)c(O[C@@H]3C[C@H]4C(=O)N[C@]5(C(=O)NS(=O)(=O)C6(C)CC6)C[C@H]5/C=C\CCCCC[C@H](NC(=O)OC(C)(C)C(F)(F)F)C(=O)N4C3)nc2c1. The standard InChI is InChI=1S/C37H47F3N6O9S/c1-21-30(42-27-17-23(53-5)13-14-25(27)41-21)54-24-18-28-29(47)44-36(32(49)45-56(51,52)35(4)15-16-35)19-22(36)11-9-7-6-8-10-12-26(31(48)46(28)20-24)43-33(50)55-34(2,3)37(38,39)40/h9,11,13-14,17,22,24,26,28H,6-8,10,12,15-16,18-20H2,1-5H3,(H,43,50)(H,44,47)(H,45,49)/b11-9-/t22-,24-,26+,28+,36-/m1/s1. The lowest BCUT2D eigenvalue weighted by molar-refractivity contribution is -0.244. The van der Waals surface area contributed by atoms with Crippen molar-refractivity contribution in [1.82, 2.24) is 30.2 Å². The highest BCUT2D eigenvalue weighted by atomic mass is 32.2. The van der Waals surface area contributed by atoms with Gasteiger partial charge >= 0.3 is 12.3 Å². The second-order valence-electron chi connectivity index (χ2n) is 15.8. The minimum Gasteiger partial charge on any atom is -0.497 e. The quantitative estimate of drug-likeness (QED) is 0.325. The second-order valence-corrected chi connectivity index (χ2v) is 18.0. The Morgan fingerprint density at radius 2 is 1.80 bits per heavy atom. The maximum atomic E-state index is 14.4. The summed E-state index contributed by atoms with van der Waals surface area (Å²) < 4.78 is 84.4. The number of carbonyl (C=O) groups excluding carboxylic acids is 4. The zero-order valence-electron chi connectivity index (χ0n) is 31.8. The molecule has 1 aromatic carbocycles. The van der Waals surface area contributed by atoms with Crippen LogP contribution in [0.4, 0.5) is 18.0 Å². The highest BCUT2D eigenvalue weighted by Gasteiger charge is 2.63. The van der Waals surface area contributed by atoms with Gasteiger partial charge < -0.3 is 29.7 Å². The zero-order chi connectivity index (χ0) is 40.8. The van der Waals surface area contributed by atoms with E-state index in [1.54, 1.807) is 31.2 Å². The molecule has 15 nitrogen and oxygen atoms in total. The molecule has 2 saturated carbocycles. The van der Waals surface area contributed by atoms with E-state index in [2.05, 4.69) is 25.3 Å². The van der Waals surface area contributed by atoms with Crippen LogP contribution in [0.25, 0.3) is 11.0 Å². The summed E-state index contributed by atoms with van der Waals surface area (Å²) >= 11 is 0. The molecule has 2 aromatic rings.